The van der Waals surface area contributed by atoms with Gasteiger partial charge in [0.05, 0.1) is 22.7 Å². The molecule has 0 radical (unpaired) electrons. The van der Waals surface area contributed by atoms with Gasteiger partial charge in [0.2, 0.25) is 5.66 Å². The van der Waals surface area contributed by atoms with E-state index in [1.54, 1.807) is 24.3 Å². The molecule has 0 spiro atoms. The summed E-state index contributed by atoms with van der Waals surface area (Å²) in [4.78, 5) is 27.7. The van der Waals surface area contributed by atoms with Crippen LogP contribution in [0.2, 0.25) is 0 Å². The zero-order valence-electron chi connectivity index (χ0n) is 17.9. The first kappa shape index (κ1) is 24.7. The van der Waals surface area contributed by atoms with Crippen LogP contribution in [0.5, 0.6) is 0 Å². The number of pyridine rings is 1. The lowest BCUT2D eigenvalue weighted by atomic mass is 9.89. The number of hydrogen-bond donors (Lipinski definition) is 2. The van der Waals surface area contributed by atoms with Crippen LogP contribution in [0.3, 0.4) is 0 Å². The van der Waals surface area contributed by atoms with E-state index in [1.807, 2.05) is 31.4 Å². The normalized spacial score (nSPS) is 13.3. The van der Waals surface area contributed by atoms with Gasteiger partial charge in [0.25, 0.3) is 0 Å². The fourth-order valence-corrected chi connectivity index (χ4v) is 5.16. The number of terminal acetylenes is 1. The lowest BCUT2D eigenvalue weighted by molar-refractivity contribution is -0.139. The van der Waals surface area contributed by atoms with Gasteiger partial charge in [0, 0.05) is 5.56 Å². The highest BCUT2D eigenvalue weighted by Crippen LogP contribution is 2.48. The molecular formula is C24H22FNO5PS+. The quantitative estimate of drug-likeness (QED) is 0.251. The number of halogens is 1. The molecule has 9 heteroatoms. The fraction of sp³-hybridized carbons (Fsp3) is 0.250. The van der Waals surface area contributed by atoms with Gasteiger partial charge in [-0.05, 0) is 51.3 Å². The Bertz CT molecular complexity index is 1190. The number of hydrogen-bond acceptors (Lipinski definition) is 6. The van der Waals surface area contributed by atoms with Crippen molar-refractivity contribution in [2.75, 3.05) is 0 Å². The van der Waals surface area contributed by atoms with E-state index >= 15 is 0 Å². The highest BCUT2D eigenvalue weighted by molar-refractivity contribution is 7.38. The number of benzene rings is 1. The maximum Gasteiger partial charge on any atom is 0.516 e. The molecule has 0 aliphatic rings. The third-order valence-corrected chi connectivity index (χ3v) is 6.98. The summed E-state index contributed by atoms with van der Waals surface area (Å²) < 4.78 is 30.6. The first-order chi connectivity index (χ1) is 15.7. The van der Waals surface area contributed by atoms with Gasteiger partial charge in [-0.25, -0.2) is 4.39 Å². The monoisotopic (exact) mass is 486 g/mol. The summed E-state index contributed by atoms with van der Waals surface area (Å²) >= 11 is 1.48. The van der Waals surface area contributed by atoms with Crippen molar-refractivity contribution in [2.24, 2.45) is 0 Å². The van der Waals surface area contributed by atoms with Crippen molar-refractivity contribution >= 4 is 25.3 Å². The van der Waals surface area contributed by atoms with Crippen molar-refractivity contribution in [1.29, 1.82) is 0 Å². The molecule has 0 saturated heterocycles. The number of carbonyl (C=O) groups excluding carboxylic acids is 1. The number of ether oxygens (including phenoxy) is 1. The molecule has 170 valence electrons. The Balaban J connectivity index is 2.28. The Kier molecular flexibility index (Phi) is 8.06. The largest absolute Gasteiger partial charge is 0.516 e. The summed E-state index contributed by atoms with van der Waals surface area (Å²) in [5.41, 5.74) is 1.20. The molecule has 3 rings (SSSR count). The Morgan fingerprint density at radius 1 is 1.30 bits per heavy atom. The van der Waals surface area contributed by atoms with Gasteiger partial charge in [-0.3, -0.25) is 9.78 Å². The van der Waals surface area contributed by atoms with Crippen molar-refractivity contribution in [3.05, 3.63) is 64.9 Å². The van der Waals surface area contributed by atoms with Gasteiger partial charge in [-0.15, -0.1) is 11.3 Å². The number of thiophene rings is 1. The molecule has 0 aliphatic carbocycles. The number of rotatable bonds is 8. The van der Waals surface area contributed by atoms with Crippen molar-refractivity contribution in [3.8, 4) is 34.2 Å². The predicted octanol–water partition coefficient (Wildman–Crippen LogP) is 5.40. The molecule has 3 atom stereocenters. The molecule has 2 N–H and O–H groups in total. The highest BCUT2D eigenvalue weighted by Gasteiger charge is 2.44. The summed E-state index contributed by atoms with van der Waals surface area (Å²) in [6.45, 7) is 3.75. The minimum Gasteiger partial charge on any atom is -0.387 e. The number of nitrogens with zero attached hydrogens (tertiary/aromatic N) is 1. The van der Waals surface area contributed by atoms with Crippen LogP contribution in [0.1, 0.15) is 43.1 Å². The molecule has 0 aliphatic heterocycles. The summed E-state index contributed by atoms with van der Waals surface area (Å²) in [6, 6.07) is 11.2. The lowest BCUT2D eigenvalue weighted by Crippen LogP contribution is -2.23. The van der Waals surface area contributed by atoms with Crippen molar-refractivity contribution in [2.45, 2.75) is 37.9 Å². The van der Waals surface area contributed by atoms with Crippen LogP contribution in [0.4, 0.5) is 4.39 Å². The summed E-state index contributed by atoms with van der Waals surface area (Å²) in [5, 5.41) is 12.7. The Morgan fingerprint density at radius 2 is 2.00 bits per heavy atom. The van der Waals surface area contributed by atoms with Crippen molar-refractivity contribution in [3.63, 3.8) is 0 Å². The summed E-state index contributed by atoms with van der Waals surface area (Å²) in [5.74, 6) is -1.52. The molecule has 0 fully saturated rings. The third-order valence-electron chi connectivity index (χ3n) is 5.01. The first-order valence-corrected chi connectivity index (χ1v) is 12.2. The standard InChI is InChI=1S/C24H21FNO5PS/c1-4-31-21(28)13-19(27)24(32(29)30)22-17(15-7-9-16(25)10-8-15)12-18(20-6-5-11-33-20)26-23(22)14(2)3/h1,5-12,14,19,24,27H,13H2,2-3H3/p+1. The topological polar surface area (TPSA) is 96.7 Å². The molecular weight excluding hydrogens is 464 g/mol. The second-order valence-electron chi connectivity index (χ2n) is 7.60. The maximum absolute atomic E-state index is 13.6. The van der Waals surface area contributed by atoms with Gasteiger partial charge in [-0.1, -0.05) is 38.5 Å². The Morgan fingerprint density at radius 3 is 2.55 bits per heavy atom. The third kappa shape index (κ3) is 5.70. The number of aromatic nitrogens is 1. The first-order valence-electron chi connectivity index (χ1n) is 10.1. The van der Waals surface area contributed by atoms with E-state index in [1.165, 1.54) is 23.5 Å². The van der Waals surface area contributed by atoms with Gasteiger partial charge in [0.15, 0.2) is 0 Å². The van der Waals surface area contributed by atoms with Gasteiger partial charge in [-0.2, -0.15) is 4.89 Å². The summed E-state index contributed by atoms with van der Waals surface area (Å²) in [6.07, 6.45) is 4.56. The zero-order valence-corrected chi connectivity index (χ0v) is 19.6. The van der Waals surface area contributed by atoms with E-state index in [2.05, 4.69) is 4.74 Å². The van der Waals surface area contributed by atoms with E-state index < -0.39 is 38.0 Å². The zero-order chi connectivity index (χ0) is 24.1. The van der Waals surface area contributed by atoms with Crippen LogP contribution >= 0.6 is 19.4 Å². The van der Waals surface area contributed by atoms with Gasteiger partial charge in [0.1, 0.15) is 18.0 Å². The van der Waals surface area contributed by atoms with E-state index in [0.29, 0.717) is 28.1 Å². The second-order valence-corrected chi connectivity index (χ2v) is 9.71. The van der Waals surface area contributed by atoms with Gasteiger partial charge < -0.3 is 9.84 Å². The maximum atomic E-state index is 13.6. The average Bonchev–Trinajstić information content (AvgIpc) is 3.29. The fourth-order valence-electron chi connectivity index (χ4n) is 3.58. The Hall–Kier alpha value is -2.95. The summed E-state index contributed by atoms with van der Waals surface area (Å²) in [7, 11) is -3.00. The lowest BCUT2D eigenvalue weighted by Gasteiger charge is -2.22. The van der Waals surface area contributed by atoms with Crippen LogP contribution in [-0.2, 0) is 14.1 Å². The molecule has 6 nitrogen and oxygen atoms in total. The van der Waals surface area contributed by atoms with Crippen LogP contribution in [0.25, 0.3) is 21.7 Å². The molecule has 2 heterocycles. The molecule has 0 amide bonds. The van der Waals surface area contributed by atoms with Gasteiger partial charge >= 0.3 is 14.0 Å². The van der Waals surface area contributed by atoms with Crippen LogP contribution in [0.15, 0.2) is 47.8 Å². The number of aliphatic hydroxyl groups excluding tert-OH is 1. The van der Waals surface area contributed by atoms with Crippen LogP contribution < -0.4 is 0 Å². The second kappa shape index (κ2) is 10.8. The average molecular weight is 486 g/mol. The Labute approximate surface area is 196 Å². The molecule has 3 unspecified atom stereocenters. The smallest absolute Gasteiger partial charge is 0.387 e. The molecule has 33 heavy (non-hydrogen) atoms. The van der Waals surface area contributed by atoms with E-state index in [9.17, 15) is 23.7 Å². The number of carbonyl (C=O) groups is 1. The SMILES string of the molecule is C#COC(=O)CC(O)C(c1c(-c2ccc(F)cc2)cc(-c2cccs2)nc1C(C)C)[P+](=O)O. The van der Waals surface area contributed by atoms with Crippen LogP contribution in [0, 0.1) is 18.3 Å². The van der Waals surface area contributed by atoms with Crippen LogP contribution in [-0.4, -0.2) is 27.1 Å². The minimum atomic E-state index is -3.00. The highest BCUT2D eigenvalue weighted by atomic mass is 32.1. The number of esters is 1. The predicted molar refractivity (Wildman–Crippen MR) is 125 cm³/mol. The van der Waals surface area contributed by atoms with E-state index in [-0.39, 0.29) is 5.92 Å². The van der Waals surface area contributed by atoms with E-state index in [4.69, 9.17) is 11.4 Å². The molecule has 0 saturated carbocycles. The van der Waals surface area contributed by atoms with Crippen molar-refractivity contribution < 1.29 is 28.5 Å². The van der Waals surface area contributed by atoms with Crippen molar-refractivity contribution in [1.82, 2.24) is 4.98 Å². The van der Waals surface area contributed by atoms with E-state index in [0.717, 1.165) is 4.88 Å². The number of aliphatic hydroxyl groups is 1. The molecule has 3 aromatic rings. The molecule has 0 bridgehead atoms. The molecule has 1 aromatic carbocycles. The molecule has 2 aromatic heterocycles. The minimum absolute atomic E-state index is 0.193.